The highest BCUT2D eigenvalue weighted by Gasteiger charge is 2.03. The highest BCUT2D eigenvalue weighted by molar-refractivity contribution is 5.21. The molecule has 2 nitrogen and oxygen atoms in total. The fourth-order valence-electron chi connectivity index (χ4n) is 1.98. The van der Waals surface area contributed by atoms with Gasteiger partial charge >= 0.3 is 0 Å². The third kappa shape index (κ3) is 5.33. The number of benzene rings is 1. The number of rotatable bonds is 8. The zero-order valence-electron chi connectivity index (χ0n) is 11.3. The van der Waals surface area contributed by atoms with Crippen molar-refractivity contribution >= 4 is 0 Å². The number of nitrogens with one attached hydrogen (secondary N) is 1. The summed E-state index contributed by atoms with van der Waals surface area (Å²) in [5, 5.41) is 3.61. The van der Waals surface area contributed by atoms with Gasteiger partial charge in [0.25, 0.3) is 0 Å². The standard InChI is InChI=1S/C15H25NO/c1-4-6-15(5-2)16-11-13-7-9-14(10-8-13)12-17-3/h7-10,15-16H,4-6,11-12H2,1-3H3. The summed E-state index contributed by atoms with van der Waals surface area (Å²) in [6.45, 7) is 6.14. The zero-order chi connectivity index (χ0) is 12.5. The van der Waals surface area contributed by atoms with Crippen molar-refractivity contribution in [2.45, 2.75) is 52.3 Å². The molecule has 0 spiro atoms. The summed E-state index contributed by atoms with van der Waals surface area (Å²) in [7, 11) is 1.73. The van der Waals surface area contributed by atoms with E-state index < -0.39 is 0 Å². The SMILES string of the molecule is CCCC(CC)NCc1ccc(COC)cc1. The number of methoxy groups -OCH3 is 1. The molecule has 1 unspecified atom stereocenters. The summed E-state index contributed by atoms with van der Waals surface area (Å²) in [6.07, 6.45) is 3.71. The summed E-state index contributed by atoms with van der Waals surface area (Å²) >= 11 is 0. The van der Waals surface area contributed by atoms with Crippen LogP contribution in [0, 0.1) is 0 Å². The summed E-state index contributed by atoms with van der Waals surface area (Å²) in [4.78, 5) is 0. The maximum atomic E-state index is 5.10. The Kier molecular flexibility index (Phi) is 6.90. The molecule has 1 atom stereocenters. The van der Waals surface area contributed by atoms with E-state index in [1.807, 2.05) is 0 Å². The van der Waals surface area contributed by atoms with Gasteiger partial charge in [0, 0.05) is 19.7 Å². The molecule has 0 aliphatic carbocycles. The lowest BCUT2D eigenvalue weighted by Gasteiger charge is -2.16. The van der Waals surface area contributed by atoms with E-state index in [1.165, 1.54) is 30.4 Å². The fourth-order valence-corrected chi connectivity index (χ4v) is 1.98. The van der Waals surface area contributed by atoms with Crippen molar-refractivity contribution in [3.8, 4) is 0 Å². The Labute approximate surface area is 105 Å². The van der Waals surface area contributed by atoms with Gasteiger partial charge in [-0.25, -0.2) is 0 Å². The number of hydrogen-bond donors (Lipinski definition) is 1. The maximum absolute atomic E-state index is 5.10. The third-order valence-electron chi connectivity index (χ3n) is 3.06. The lowest BCUT2D eigenvalue weighted by molar-refractivity contribution is 0.185. The monoisotopic (exact) mass is 235 g/mol. The highest BCUT2D eigenvalue weighted by atomic mass is 16.5. The van der Waals surface area contributed by atoms with Gasteiger partial charge in [0.2, 0.25) is 0 Å². The van der Waals surface area contributed by atoms with Gasteiger partial charge in [-0.2, -0.15) is 0 Å². The van der Waals surface area contributed by atoms with Gasteiger partial charge in [-0.1, -0.05) is 44.5 Å². The Bertz CT molecular complexity index is 294. The summed E-state index contributed by atoms with van der Waals surface area (Å²) in [6, 6.07) is 9.29. The fraction of sp³-hybridized carbons (Fsp3) is 0.600. The molecule has 1 N–H and O–H groups in total. The Balaban J connectivity index is 2.40. The topological polar surface area (TPSA) is 21.3 Å². The van der Waals surface area contributed by atoms with E-state index in [9.17, 15) is 0 Å². The first kappa shape index (κ1) is 14.2. The summed E-state index contributed by atoms with van der Waals surface area (Å²) < 4.78 is 5.10. The molecule has 1 aromatic carbocycles. The van der Waals surface area contributed by atoms with Crippen molar-refractivity contribution < 1.29 is 4.74 Å². The highest BCUT2D eigenvalue weighted by Crippen LogP contribution is 2.07. The molecule has 0 aliphatic heterocycles. The van der Waals surface area contributed by atoms with E-state index in [1.54, 1.807) is 7.11 Å². The van der Waals surface area contributed by atoms with Crippen LogP contribution in [0.2, 0.25) is 0 Å². The molecule has 0 bridgehead atoms. The van der Waals surface area contributed by atoms with Crippen molar-refractivity contribution in [1.82, 2.24) is 5.32 Å². The van der Waals surface area contributed by atoms with Crippen LogP contribution in [0.15, 0.2) is 24.3 Å². The van der Waals surface area contributed by atoms with Crippen LogP contribution in [0.5, 0.6) is 0 Å². The molecule has 96 valence electrons. The van der Waals surface area contributed by atoms with Crippen LogP contribution in [0.25, 0.3) is 0 Å². The first-order valence-electron chi connectivity index (χ1n) is 6.60. The lowest BCUT2D eigenvalue weighted by Crippen LogP contribution is -2.27. The molecular formula is C15H25NO. The molecule has 2 heteroatoms. The Morgan fingerprint density at radius 3 is 2.29 bits per heavy atom. The van der Waals surface area contributed by atoms with Crippen molar-refractivity contribution in [1.29, 1.82) is 0 Å². The van der Waals surface area contributed by atoms with Crippen molar-refractivity contribution in [3.63, 3.8) is 0 Å². The first-order chi connectivity index (χ1) is 8.30. The van der Waals surface area contributed by atoms with Crippen LogP contribution in [-0.4, -0.2) is 13.2 Å². The smallest absolute Gasteiger partial charge is 0.0713 e. The molecule has 0 amide bonds. The first-order valence-corrected chi connectivity index (χ1v) is 6.60. The normalized spacial score (nSPS) is 12.6. The van der Waals surface area contributed by atoms with Crippen LogP contribution in [-0.2, 0) is 17.9 Å². The summed E-state index contributed by atoms with van der Waals surface area (Å²) in [5.74, 6) is 0. The molecule has 1 rings (SSSR count). The quantitative estimate of drug-likeness (QED) is 0.744. The molecular weight excluding hydrogens is 210 g/mol. The van der Waals surface area contributed by atoms with Gasteiger partial charge < -0.3 is 10.1 Å². The van der Waals surface area contributed by atoms with Crippen molar-refractivity contribution in [3.05, 3.63) is 35.4 Å². The minimum atomic E-state index is 0.652. The van der Waals surface area contributed by atoms with Crippen molar-refractivity contribution in [2.24, 2.45) is 0 Å². The van der Waals surface area contributed by atoms with Crippen LogP contribution in [0.1, 0.15) is 44.2 Å². The maximum Gasteiger partial charge on any atom is 0.0713 e. The number of hydrogen-bond acceptors (Lipinski definition) is 2. The molecule has 0 saturated carbocycles. The number of ether oxygens (including phenoxy) is 1. The molecule has 0 aromatic heterocycles. The Morgan fingerprint density at radius 2 is 1.76 bits per heavy atom. The summed E-state index contributed by atoms with van der Waals surface area (Å²) in [5.41, 5.74) is 2.58. The van der Waals surface area contributed by atoms with Gasteiger partial charge in [0.05, 0.1) is 6.61 Å². The predicted octanol–water partition coefficient (Wildman–Crippen LogP) is 3.50. The van der Waals surface area contributed by atoms with Crippen LogP contribution >= 0.6 is 0 Å². The zero-order valence-corrected chi connectivity index (χ0v) is 11.3. The van der Waals surface area contributed by atoms with E-state index in [0.717, 1.165) is 6.54 Å². The minimum Gasteiger partial charge on any atom is -0.380 e. The van der Waals surface area contributed by atoms with Crippen LogP contribution in [0.4, 0.5) is 0 Å². The van der Waals surface area contributed by atoms with Gasteiger partial charge in [-0.3, -0.25) is 0 Å². The molecule has 0 saturated heterocycles. The second-order valence-electron chi connectivity index (χ2n) is 4.52. The Hall–Kier alpha value is -0.860. The molecule has 0 aliphatic rings. The van der Waals surface area contributed by atoms with Crippen molar-refractivity contribution in [2.75, 3.05) is 7.11 Å². The van der Waals surface area contributed by atoms with Gasteiger partial charge in [-0.15, -0.1) is 0 Å². The second kappa shape index (κ2) is 8.26. The molecule has 17 heavy (non-hydrogen) atoms. The molecule has 0 radical (unpaired) electrons. The molecule has 1 aromatic rings. The van der Waals surface area contributed by atoms with E-state index in [-0.39, 0.29) is 0 Å². The van der Waals surface area contributed by atoms with E-state index in [2.05, 4.69) is 43.4 Å². The van der Waals surface area contributed by atoms with Gasteiger partial charge in [0.15, 0.2) is 0 Å². The average Bonchev–Trinajstić information content (AvgIpc) is 2.36. The van der Waals surface area contributed by atoms with E-state index in [4.69, 9.17) is 4.74 Å². The van der Waals surface area contributed by atoms with Gasteiger partial charge in [0.1, 0.15) is 0 Å². The van der Waals surface area contributed by atoms with Gasteiger partial charge in [-0.05, 0) is 24.0 Å². The molecule has 0 heterocycles. The predicted molar refractivity (Wildman–Crippen MR) is 73.0 cm³/mol. The third-order valence-corrected chi connectivity index (χ3v) is 3.06. The Morgan fingerprint density at radius 1 is 1.12 bits per heavy atom. The van der Waals surface area contributed by atoms with Crippen LogP contribution in [0.3, 0.4) is 0 Å². The van der Waals surface area contributed by atoms with E-state index in [0.29, 0.717) is 12.6 Å². The average molecular weight is 235 g/mol. The lowest BCUT2D eigenvalue weighted by atomic mass is 10.1. The van der Waals surface area contributed by atoms with Crippen LogP contribution < -0.4 is 5.32 Å². The van der Waals surface area contributed by atoms with E-state index >= 15 is 0 Å². The largest absolute Gasteiger partial charge is 0.380 e. The minimum absolute atomic E-state index is 0.652. The second-order valence-corrected chi connectivity index (χ2v) is 4.52. The molecule has 0 fully saturated rings.